The van der Waals surface area contributed by atoms with Crippen molar-refractivity contribution in [3.63, 3.8) is 0 Å². The zero-order valence-corrected chi connectivity index (χ0v) is 16.7. The van der Waals surface area contributed by atoms with Crippen LogP contribution >= 0.6 is 11.8 Å². The molecule has 0 aromatic heterocycles. The van der Waals surface area contributed by atoms with Gasteiger partial charge in [0.1, 0.15) is 11.9 Å². The quantitative estimate of drug-likeness (QED) is 0.743. The van der Waals surface area contributed by atoms with Gasteiger partial charge in [-0.05, 0) is 18.9 Å². The molecular formula is C18H22N2O5S2. The van der Waals surface area contributed by atoms with Crippen LogP contribution < -0.4 is 4.74 Å². The van der Waals surface area contributed by atoms with Crippen LogP contribution in [-0.2, 0) is 25.9 Å². The fourth-order valence-electron chi connectivity index (χ4n) is 3.78. The summed E-state index contributed by atoms with van der Waals surface area (Å²) in [6.45, 7) is 1.04. The summed E-state index contributed by atoms with van der Waals surface area (Å²) in [5.41, 5.74) is 0.933. The number of benzene rings is 1. The van der Waals surface area contributed by atoms with E-state index in [1.165, 1.54) is 11.8 Å². The topological polar surface area (TPSA) is 85.3 Å². The third kappa shape index (κ3) is 3.86. The molecular weight excluding hydrogens is 388 g/mol. The van der Waals surface area contributed by atoms with Crippen molar-refractivity contribution in [2.24, 2.45) is 4.99 Å². The number of fused-ring (bicyclic) bond motifs is 1. The number of hydrogen-bond acceptors (Lipinski definition) is 6. The molecule has 7 nitrogen and oxygen atoms in total. The van der Waals surface area contributed by atoms with Gasteiger partial charge in [-0.3, -0.25) is 4.79 Å². The van der Waals surface area contributed by atoms with Gasteiger partial charge in [0, 0.05) is 24.0 Å². The minimum atomic E-state index is -3.07. The molecule has 0 saturated carbocycles. The second-order valence-electron chi connectivity index (χ2n) is 6.97. The lowest BCUT2D eigenvalue weighted by Crippen LogP contribution is -2.37. The van der Waals surface area contributed by atoms with Gasteiger partial charge in [0.2, 0.25) is 0 Å². The monoisotopic (exact) mass is 410 g/mol. The van der Waals surface area contributed by atoms with Gasteiger partial charge in [-0.15, -0.1) is 0 Å². The number of amidine groups is 1. The highest BCUT2D eigenvalue weighted by Gasteiger charge is 2.49. The molecule has 3 fully saturated rings. The maximum Gasteiger partial charge on any atom is 0.277 e. The van der Waals surface area contributed by atoms with E-state index in [1.807, 2.05) is 29.2 Å². The first-order valence-corrected chi connectivity index (χ1v) is 11.7. The number of para-hydroxylation sites is 1. The van der Waals surface area contributed by atoms with Gasteiger partial charge in [-0.2, -0.15) is 4.99 Å². The fourth-order valence-corrected chi connectivity index (χ4v) is 7.73. The van der Waals surface area contributed by atoms with Crippen LogP contribution in [0.5, 0.6) is 5.75 Å². The Labute approximate surface area is 163 Å². The summed E-state index contributed by atoms with van der Waals surface area (Å²) in [4.78, 5) is 18.8. The number of amides is 1. The largest absolute Gasteiger partial charge is 0.496 e. The van der Waals surface area contributed by atoms with E-state index in [1.54, 1.807) is 7.11 Å². The molecule has 9 heteroatoms. The number of nitrogens with zero attached hydrogens (tertiary/aromatic N) is 2. The smallest absolute Gasteiger partial charge is 0.277 e. The number of ether oxygens (including phenoxy) is 2. The number of methoxy groups -OCH3 is 1. The molecule has 0 radical (unpaired) electrons. The van der Waals surface area contributed by atoms with Gasteiger partial charge in [0.15, 0.2) is 15.0 Å². The molecule has 3 aliphatic heterocycles. The molecule has 0 aliphatic carbocycles. The van der Waals surface area contributed by atoms with Crippen LogP contribution in [0.15, 0.2) is 29.3 Å². The number of carbonyl (C=O) groups is 1. The predicted molar refractivity (Wildman–Crippen MR) is 104 cm³/mol. The zero-order valence-electron chi connectivity index (χ0n) is 15.0. The highest BCUT2D eigenvalue weighted by molar-refractivity contribution is 8.15. The van der Waals surface area contributed by atoms with Crippen molar-refractivity contribution in [3.05, 3.63) is 29.8 Å². The van der Waals surface area contributed by atoms with Crippen LogP contribution in [0.1, 0.15) is 18.4 Å². The van der Waals surface area contributed by atoms with Crippen LogP contribution in [0.2, 0.25) is 0 Å². The normalized spacial score (nSPS) is 30.6. The third-order valence-electron chi connectivity index (χ3n) is 5.12. The van der Waals surface area contributed by atoms with Gasteiger partial charge in [0.05, 0.1) is 24.7 Å². The summed E-state index contributed by atoms with van der Waals surface area (Å²) in [5.74, 6) is 0.671. The van der Waals surface area contributed by atoms with Crippen molar-refractivity contribution in [2.75, 3.05) is 25.2 Å². The summed E-state index contributed by atoms with van der Waals surface area (Å²) in [5, 5.41) is 0.493. The molecule has 146 valence electrons. The van der Waals surface area contributed by atoms with Gasteiger partial charge in [-0.25, -0.2) is 8.42 Å². The number of rotatable bonds is 4. The molecule has 1 amide bonds. The van der Waals surface area contributed by atoms with Crippen LogP contribution in [0.25, 0.3) is 0 Å². The highest BCUT2D eigenvalue weighted by atomic mass is 32.2. The lowest BCUT2D eigenvalue weighted by Gasteiger charge is -2.25. The van der Waals surface area contributed by atoms with Crippen LogP contribution in [0.3, 0.4) is 0 Å². The summed E-state index contributed by atoms with van der Waals surface area (Å²) < 4.78 is 35.1. The van der Waals surface area contributed by atoms with E-state index in [0.717, 1.165) is 17.7 Å². The summed E-state index contributed by atoms with van der Waals surface area (Å²) in [7, 11) is -1.46. The minimum Gasteiger partial charge on any atom is -0.496 e. The molecule has 0 N–H and O–H groups in total. The first kappa shape index (κ1) is 18.8. The number of thioether (sulfide) groups is 1. The van der Waals surface area contributed by atoms with Gasteiger partial charge in [-0.1, -0.05) is 30.0 Å². The Bertz CT molecular complexity index is 864. The summed E-state index contributed by atoms with van der Waals surface area (Å²) in [6, 6.07) is 7.44. The molecule has 1 aromatic rings. The van der Waals surface area contributed by atoms with Crippen molar-refractivity contribution in [1.82, 2.24) is 4.90 Å². The first-order chi connectivity index (χ1) is 13.0. The predicted octanol–water partition coefficient (Wildman–Crippen LogP) is 1.47. The molecule has 0 unspecified atom stereocenters. The van der Waals surface area contributed by atoms with E-state index >= 15 is 0 Å². The van der Waals surface area contributed by atoms with E-state index in [9.17, 15) is 13.2 Å². The second-order valence-corrected chi connectivity index (χ2v) is 10.3. The maximum atomic E-state index is 12.5. The minimum absolute atomic E-state index is 0.0902. The van der Waals surface area contributed by atoms with Gasteiger partial charge >= 0.3 is 0 Å². The average Bonchev–Trinajstić information content (AvgIpc) is 3.33. The molecule has 27 heavy (non-hydrogen) atoms. The van der Waals surface area contributed by atoms with Crippen molar-refractivity contribution >= 4 is 32.7 Å². The number of carbonyl (C=O) groups excluding carboxylic acids is 1. The Hall–Kier alpha value is -1.58. The Morgan fingerprint density at radius 3 is 2.93 bits per heavy atom. The number of hydrogen-bond donors (Lipinski definition) is 0. The Balaban J connectivity index is 1.63. The molecule has 3 aliphatic rings. The third-order valence-corrected chi connectivity index (χ3v) is 8.37. The Morgan fingerprint density at radius 2 is 2.19 bits per heavy atom. The van der Waals surface area contributed by atoms with E-state index in [-0.39, 0.29) is 28.7 Å². The second kappa shape index (κ2) is 7.44. The highest BCUT2D eigenvalue weighted by Crippen LogP contribution is 2.40. The van der Waals surface area contributed by atoms with Crippen molar-refractivity contribution in [2.45, 2.75) is 36.8 Å². The Kier molecular flexibility index (Phi) is 5.17. The Morgan fingerprint density at radius 1 is 1.37 bits per heavy atom. The average molecular weight is 411 g/mol. The molecule has 4 rings (SSSR count). The van der Waals surface area contributed by atoms with Crippen molar-refractivity contribution in [3.8, 4) is 5.75 Å². The number of sulfone groups is 1. The molecule has 0 spiro atoms. The van der Waals surface area contributed by atoms with Crippen molar-refractivity contribution in [1.29, 1.82) is 0 Å². The maximum absolute atomic E-state index is 12.5. The SMILES string of the molecule is COc1ccccc1CN1C(=NC(=O)[C@@H]2CCCO2)S[C@H]2CS(=O)(=O)C[C@H]21. The lowest BCUT2D eigenvalue weighted by atomic mass is 10.1. The molecule has 0 bridgehead atoms. The summed E-state index contributed by atoms with van der Waals surface area (Å²) >= 11 is 1.39. The van der Waals surface area contributed by atoms with Crippen LogP contribution in [-0.4, -0.2) is 67.0 Å². The zero-order chi connectivity index (χ0) is 19.0. The standard InChI is InChI=1S/C18H22N2O5S2/c1-24-14-6-3-2-5-12(14)9-20-13-10-27(22,23)11-16(13)26-18(20)19-17(21)15-7-4-8-25-15/h2-3,5-6,13,15-16H,4,7-11H2,1H3/t13-,15+,16+/m1/s1. The van der Waals surface area contributed by atoms with E-state index < -0.39 is 15.9 Å². The van der Waals surface area contributed by atoms with Gasteiger partial charge < -0.3 is 14.4 Å². The van der Waals surface area contributed by atoms with Crippen molar-refractivity contribution < 1.29 is 22.7 Å². The first-order valence-electron chi connectivity index (χ1n) is 8.96. The molecule has 1 aromatic carbocycles. The van der Waals surface area contributed by atoms with Gasteiger partial charge in [0.25, 0.3) is 5.91 Å². The summed E-state index contributed by atoms with van der Waals surface area (Å²) in [6.07, 6.45) is 1.08. The number of aliphatic imine (C=N–C) groups is 1. The van der Waals surface area contributed by atoms with E-state index in [0.29, 0.717) is 24.7 Å². The molecule has 3 heterocycles. The van der Waals surface area contributed by atoms with E-state index in [2.05, 4.69) is 4.99 Å². The lowest BCUT2D eigenvalue weighted by molar-refractivity contribution is -0.126. The van der Waals surface area contributed by atoms with Crippen LogP contribution in [0, 0.1) is 0 Å². The van der Waals surface area contributed by atoms with Crippen LogP contribution in [0.4, 0.5) is 0 Å². The molecule has 3 saturated heterocycles. The fraction of sp³-hybridized carbons (Fsp3) is 0.556. The van der Waals surface area contributed by atoms with E-state index in [4.69, 9.17) is 9.47 Å². The molecule has 3 atom stereocenters.